The van der Waals surface area contributed by atoms with Crippen LogP contribution in [0.25, 0.3) is 0 Å². The van der Waals surface area contributed by atoms with Gasteiger partial charge in [-0.05, 0) is 80.7 Å². The van der Waals surface area contributed by atoms with E-state index in [4.69, 9.17) is 67.9 Å². The van der Waals surface area contributed by atoms with E-state index in [1.165, 1.54) is 36.8 Å². The van der Waals surface area contributed by atoms with E-state index in [1.807, 2.05) is 12.1 Å². The van der Waals surface area contributed by atoms with Crippen molar-refractivity contribution >= 4 is 58.8 Å². The molecule has 0 saturated heterocycles. The first-order valence-corrected chi connectivity index (χ1v) is 21.5. The van der Waals surface area contributed by atoms with E-state index in [0.717, 1.165) is 36.8 Å². The molecule has 6 nitrogen and oxygen atoms in total. The molecule has 2 saturated carbocycles. The van der Waals surface area contributed by atoms with Gasteiger partial charge in [-0.25, -0.2) is 0 Å². The summed E-state index contributed by atoms with van der Waals surface area (Å²) in [5, 5.41) is 26.2. The molecule has 322 valence electrons. The Morgan fingerprint density at radius 3 is 1.05 bits per heavy atom. The molecule has 0 aromatic heterocycles. The van der Waals surface area contributed by atoms with Crippen LogP contribution in [-0.4, -0.2) is 47.3 Å². The molecule has 2 aliphatic carbocycles. The first-order chi connectivity index (χ1) is 24.8. The molecule has 2 aromatic carbocycles. The van der Waals surface area contributed by atoms with Crippen LogP contribution < -0.4 is 34.1 Å². The van der Waals surface area contributed by atoms with Gasteiger partial charge in [-0.1, -0.05) is 145 Å². The van der Waals surface area contributed by atoms with E-state index in [9.17, 15) is 10.2 Å². The second-order valence-electron chi connectivity index (χ2n) is 18.7. The third-order valence-corrected chi connectivity index (χ3v) is 9.96. The fourth-order valence-electron chi connectivity index (χ4n) is 6.48. The molecule has 0 spiro atoms. The minimum Gasteiger partial charge on any atom is -1.00 e. The Kier molecular flexibility index (Phi) is 26.4. The predicted octanol–water partition coefficient (Wildman–Crippen LogP) is 7.93. The number of hydrogen-bond donors (Lipinski definition) is 2. The summed E-state index contributed by atoms with van der Waals surface area (Å²) in [6.45, 7) is 25.6. The van der Waals surface area contributed by atoms with Crippen LogP contribution in [0, 0.1) is 0 Å². The minimum absolute atomic E-state index is 0. The first kappa shape index (κ1) is 57.4. The monoisotopic (exact) mass is 920 g/mol. The van der Waals surface area contributed by atoms with Crippen molar-refractivity contribution in [2.24, 2.45) is 21.5 Å². The molecule has 2 fully saturated rings. The maximum absolute atomic E-state index is 12.9. The number of nitrogens with two attached hydrogens (primary N) is 2. The van der Waals surface area contributed by atoms with Gasteiger partial charge in [0.1, 0.15) is 0 Å². The molecule has 0 aliphatic heterocycles. The number of halogens is 5. The van der Waals surface area contributed by atoms with Crippen molar-refractivity contribution in [1.29, 1.82) is 0 Å². The van der Waals surface area contributed by atoms with Crippen molar-refractivity contribution in [3.63, 3.8) is 0 Å². The summed E-state index contributed by atoms with van der Waals surface area (Å²) < 4.78 is 0. The van der Waals surface area contributed by atoms with E-state index in [0.29, 0.717) is 11.1 Å². The number of benzene rings is 2. The SMILES string of the molecule is CC(C)(C)c1cc(C=N[C@H]2CCCC[C@@H]2N)c([O-])c(C(C)(C)C)c1.CC(C)(C)c1cc(C=N[C@H]2CCCC[C@@H]2N)c([O-])c(C(C)(C)C)c1.ClCCl.ClCCl.[Cl-].[Co+3]. The molecule has 4 atom stereocenters. The van der Waals surface area contributed by atoms with Gasteiger partial charge < -0.3 is 34.1 Å². The van der Waals surface area contributed by atoms with Crippen LogP contribution in [0.4, 0.5) is 0 Å². The van der Waals surface area contributed by atoms with Gasteiger partial charge in [0.2, 0.25) is 0 Å². The van der Waals surface area contributed by atoms with Crippen molar-refractivity contribution in [3.05, 3.63) is 57.6 Å². The second-order valence-corrected chi connectivity index (χ2v) is 20.3. The molecule has 2 aromatic rings. The van der Waals surface area contributed by atoms with Gasteiger partial charge >= 0.3 is 16.8 Å². The molecule has 12 heteroatoms. The maximum Gasteiger partial charge on any atom is 3.00 e. The van der Waals surface area contributed by atoms with Gasteiger partial charge in [-0.3, -0.25) is 9.98 Å². The van der Waals surface area contributed by atoms with Crippen molar-refractivity contribution in [3.8, 4) is 11.5 Å². The fourth-order valence-corrected chi connectivity index (χ4v) is 6.48. The number of aliphatic imine (C=N–C) groups is 2. The summed E-state index contributed by atoms with van der Waals surface area (Å²) in [5.41, 5.74) is 17.5. The van der Waals surface area contributed by atoms with E-state index < -0.39 is 0 Å². The van der Waals surface area contributed by atoms with Crippen LogP contribution in [0.15, 0.2) is 34.3 Å². The smallest absolute Gasteiger partial charge is 1.00 e. The number of hydrogen-bond acceptors (Lipinski definition) is 6. The van der Waals surface area contributed by atoms with E-state index in [2.05, 4.69) is 95.2 Å². The molecule has 0 radical (unpaired) electrons. The molecule has 2 aliphatic rings. The minimum atomic E-state index is -0.178. The zero-order valence-corrected chi connectivity index (χ0v) is 40.8. The fraction of sp³-hybridized carbons (Fsp3) is 0.682. The van der Waals surface area contributed by atoms with Crippen molar-refractivity contribution in [2.75, 3.05) is 10.7 Å². The molecule has 4 N–H and O–H groups in total. The Labute approximate surface area is 377 Å². The van der Waals surface area contributed by atoms with Crippen LogP contribution in [-0.2, 0) is 38.4 Å². The summed E-state index contributed by atoms with van der Waals surface area (Å²) in [6, 6.07) is 8.71. The Balaban J connectivity index is 0. The average Bonchev–Trinajstić information content (AvgIpc) is 3.04. The van der Waals surface area contributed by atoms with Gasteiger partial charge in [0, 0.05) is 24.5 Å². The van der Waals surface area contributed by atoms with Crippen LogP contribution in [0.1, 0.15) is 168 Å². The molecule has 56 heavy (non-hydrogen) atoms. The zero-order chi connectivity index (χ0) is 41.7. The summed E-state index contributed by atoms with van der Waals surface area (Å²) >= 11 is 19.1. The van der Waals surface area contributed by atoms with Gasteiger partial charge in [0.05, 0.1) is 22.8 Å². The third-order valence-electron chi connectivity index (χ3n) is 9.96. The Morgan fingerprint density at radius 1 is 0.554 bits per heavy atom. The summed E-state index contributed by atoms with van der Waals surface area (Å²) in [4.78, 5) is 9.38. The van der Waals surface area contributed by atoms with E-state index in [1.54, 1.807) is 12.4 Å². The van der Waals surface area contributed by atoms with Crippen LogP contribution in [0.5, 0.6) is 11.5 Å². The Morgan fingerprint density at radius 2 is 0.821 bits per heavy atom. The van der Waals surface area contributed by atoms with Gasteiger partial charge in [-0.2, -0.15) is 0 Å². The predicted molar refractivity (Wildman–Crippen MR) is 235 cm³/mol. The second kappa shape index (κ2) is 25.8. The molecule has 4 rings (SSSR count). The zero-order valence-electron chi connectivity index (χ0n) is 35.9. The van der Waals surface area contributed by atoms with Crippen molar-refractivity contribution in [2.45, 2.75) is 180 Å². The summed E-state index contributed by atoms with van der Waals surface area (Å²) in [6.07, 6.45) is 12.4. The molecular formula is C44H70Cl5CoN4O2. The Hall–Kier alpha value is -0.744. The van der Waals surface area contributed by atoms with E-state index >= 15 is 0 Å². The van der Waals surface area contributed by atoms with Crippen LogP contribution in [0.2, 0.25) is 0 Å². The van der Waals surface area contributed by atoms with Crippen molar-refractivity contribution < 1.29 is 39.4 Å². The topological polar surface area (TPSA) is 123 Å². The van der Waals surface area contributed by atoms with Crippen LogP contribution in [0.3, 0.4) is 0 Å². The number of nitrogens with zero attached hydrogens (tertiary/aromatic N) is 2. The van der Waals surface area contributed by atoms with E-state index in [-0.39, 0.29) is 97.2 Å². The molecular weight excluding hydrogens is 853 g/mol. The standard InChI is InChI=1S/2C21H34N2O.2CH2Cl2.ClH.Co/c2*1-20(2,3)15-11-14(19(24)16(12-15)21(4,5)6)13-23-18-10-8-7-9-17(18)22;2*2-1-3;;/h2*11-13,17-18,24H,7-10,22H2,1-6H3;2*1H2;1H;/q;;;;;+3/p-3/t2*17-,18-;;;;/m00..../s1. The van der Waals surface area contributed by atoms with Crippen LogP contribution >= 0.6 is 46.4 Å². The molecule has 0 amide bonds. The summed E-state index contributed by atoms with van der Waals surface area (Å²) in [7, 11) is 0. The number of alkyl halides is 4. The van der Waals surface area contributed by atoms with Gasteiger partial charge in [0.15, 0.2) is 0 Å². The molecule has 0 heterocycles. The molecule has 0 unspecified atom stereocenters. The third kappa shape index (κ3) is 19.1. The first-order valence-electron chi connectivity index (χ1n) is 19.4. The summed E-state index contributed by atoms with van der Waals surface area (Å²) in [5.74, 6) is 0.201. The molecule has 0 bridgehead atoms. The van der Waals surface area contributed by atoms with Crippen molar-refractivity contribution in [1.82, 2.24) is 0 Å². The number of rotatable bonds is 4. The maximum atomic E-state index is 12.9. The quantitative estimate of drug-likeness (QED) is 0.239. The normalized spacial score (nSPS) is 20.3. The van der Waals surface area contributed by atoms with Gasteiger partial charge in [-0.15, -0.1) is 46.4 Å². The Bertz CT molecular complexity index is 1380. The average molecular weight is 923 g/mol. The largest absolute Gasteiger partial charge is 3.00 e. The van der Waals surface area contributed by atoms with Gasteiger partial charge in [0.25, 0.3) is 0 Å².